The standard InChI is InChI=1S/C15H30N2O/c1-12(2)17-9-8-13(11-17)10-16-14-6-4-5-7-15(14)18-3/h12-16H,4-11H2,1-3H3. The second kappa shape index (κ2) is 6.88. The number of rotatable bonds is 5. The molecule has 2 fully saturated rings. The van der Waals surface area contributed by atoms with Gasteiger partial charge in [0.05, 0.1) is 6.10 Å². The third-order valence-corrected chi connectivity index (χ3v) is 4.72. The molecule has 1 N–H and O–H groups in total. The van der Waals surface area contributed by atoms with Crippen LogP contribution in [0.3, 0.4) is 0 Å². The Morgan fingerprint density at radius 1 is 1.22 bits per heavy atom. The lowest BCUT2D eigenvalue weighted by atomic mass is 9.92. The molecule has 3 unspecified atom stereocenters. The lowest BCUT2D eigenvalue weighted by Gasteiger charge is -2.32. The fraction of sp³-hybridized carbons (Fsp3) is 1.00. The van der Waals surface area contributed by atoms with E-state index >= 15 is 0 Å². The van der Waals surface area contributed by atoms with E-state index in [-0.39, 0.29) is 0 Å². The van der Waals surface area contributed by atoms with Crippen molar-refractivity contribution in [2.45, 2.75) is 64.1 Å². The summed E-state index contributed by atoms with van der Waals surface area (Å²) in [5, 5.41) is 3.77. The summed E-state index contributed by atoms with van der Waals surface area (Å²) in [6.07, 6.45) is 7.02. The van der Waals surface area contributed by atoms with Crippen molar-refractivity contribution in [1.29, 1.82) is 0 Å². The molecule has 0 aromatic rings. The molecule has 3 atom stereocenters. The number of hydrogen-bond donors (Lipinski definition) is 1. The fourth-order valence-electron chi connectivity index (χ4n) is 3.43. The van der Waals surface area contributed by atoms with E-state index in [0.717, 1.165) is 5.92 Å². The molecule has 0 radical (unpaired) electrons. The van der Waals surface area contributed by atoms with Gasteiger partial charge in [-0.1, -0.05) is 12.8 Å². The topological polar surface area (TPSA) is 24.5 Å². The van der Waals surface area contributed by atoms with E-state index in [0.29, 0.717) is 18.2 Å². The molecule has 1 aliphatic carbocycles. The van der Waals surface area contributed by atoms with Gasteiger partial charge in [-0.3, -0.25) is 0 Å². The molecule has 106 valence electrons. The molecule has 3 heteroatoms. The van der Waals surface area contributed by atoms with Crippen molar-refractivity contribution in [2.75, 3.05) is 26.7 Å². The van der Waals surface area contributed by atoms with E-state index in [4.69, 9.17) is 4.74 Å². The highest BCUT2D eigenvalue weighted by molar-refractivity contribution is 4.85. The van der Waals surface area contributed by atoms with Crippen LogP contribution in [0.4, 0.5) is 0 Å². The molecule has 18 heavy (non-hydrogen) atoms. The van der Waals surface area contributed by atoms with Crippen molar-refractivity contribution >= 4 is 0 Å². The van der Waals surface area contributed by atoms with Crippen LogP contribution in [0.15, 0.2) is 0 Å². The maximum Gasteiger partial charge on any atom is 0.0724 e. The predicted molar refractivity (Wildman–Crippen MR) is 75.9 cm³/mol. The van der Waals surface area contributed by atoms with Gasteiger partial charge < -0.3 is 15.0 Å². The number of likely N-dealkylation sites (tertiary alicyclic amines) is 1. The normalized spacial score (nSPS) is 34.3. The minimum absolute atomic E-state index is 0.446. The molecule has 1 heterocycles. The molecule has 1 saturated heterocycles. The van der Waals surface area contributed by atoms with Gasteiger partial charge in [-0.05, 0) is 52.1 Å². The summed E-state index contributed by atoms with van der Waals surface area (Å²) in [5.74, 6) is 0.840. The molecule has 0 spiro atoms. The number of nitrogens with one attached hydrogen (secondary N) is 1. The van der Waals surface area contributed by atoms with Crippen LogP contribution in [-0.4, -0.2) is 49.8 Å². The maximum atomic E-state index is 5.61. The van der Waals surface area contributed by atoms with Crippen LogP contribution < -0.4 is 5.32 Å². The highest BCUT2D eigenvalue weighted by Crippen LogP contribution is 2.22. The summed E-state index contributed by atoms with van der Waals surface area (Å²) in [7, 11) is 1.86. The van der Waals surface area contributed by atoms with E-state index in [1.165, 1.54) is 51.7 Å². The lowest BCUT2D eigenvalue weighted by molar-refractivity contribution is 0.0406. The van der Waals surface area contributed by atoms with E-state index in [9.17, 15) is 0 Å². The van der Waals surface area contributed by atoms with Crippen molar-refractivity contribution in [3.8, 4) is 0 Å². The highest BCUT2D eigenvalue weighted by atomic mass is 16.5. The van der Waals surface area contributed by atoms with Crippen LogP contribution in [0, 0.1) is 5.92 Å². The fourth-order valence-corrected chi connectivity index (χ4v) is 3.43. The average molecular weight is 254 g/mol. The Balaban J connectivity index is 1.71. The summed E-state index contributed by atoms with van der Waals surface area (Å²) in [5.41, 5.74) is 0. The summed E-state index contributed by atoms with van der Waals surface area (Å²) in [6.45, 7) is 8.33. The van der Waals surface area contributed by atoms with Gasteiger partial charge in [-0.15, -0.1) is 0 Å². The quantitative estimate of drug-likeness (QED) is 0.814. The molecule has 3 nitrogen and oxygen atoms in total. The Morgan fingerprint density at radius 3 is 2.67 bits per heavy atom. The summed E-state index contributed by atoms with van der Waals surface area (Å²) in [4.78, 5) is 2.60. The Bertz CT molecular complexity index is 245. The first kappa shape index (κ1) is 14.3. The van der Waals surface area contributed by atoms with Crippen molar-refractivity contribution < 1.29 is 4.74 Å². The highest BCUT2D eigenvalue weighted by Gasteiger charge is 2.28. The van der Waals surface area contributed by atoms with Crippen LogP contribution in [0.25, 0.3) is 0 Å². The van der Waals surface area contributed by atoms with Gasteiger partial charge in [0.15, 0.2) is 0 Å². The summed E-state index contributed by atoms with van der Waals surface area (Å²) < 4.78 is 5.61. The molecule has 1 saturated carbocycles. The second-order valence-corrected chi connectivity index (χ2v) is 6.32. The lowest BCUT2D eigenvalue weighted by Crippen LogP contribution is -2.45. The third-order valence-electron chi connectivity index (χ3n) is 4.72. The monoisotopic (exact) mass is 254 g/mol. The van der Waals surface area contributed by atoms with Crippen molar-refractivity contribution in [3.63, 3.8) is 0 Å². The van der Waals surface area contributed by atoms with Crippen LogP contribution in [0.2, 0.25) is 0 Å². The second-order valence-electron chi connectivity index (χ2n) is 6.32. The zero-order valence-corrected chi connectivity index (χ0v) is 12.3. The molecule has 0 aromatic heterocycles. The number of nitrogens with zero attached hydrogens (tertiary/aromatic N) is 1. The molecular formula is C15H30N2O. The number of hydrogen-bond acceptors (Lipinski definition) is 3. The molecule has 0 aromatic carbocycles. The minimum atomic E-state index is 0.446. The van der Waals surface area contributed by atoms with E-state index in [1.807, 2.05) is 7.11 Å². The van der Waals surface area contributed by atoms with Gasteiger partial charge in [0.2, 0.25) is 0 Å². The Kier molecular flexibility index (Phi) is 5.46. The Hall–Kier alpha value is -0.120. The SMILES string of the molecule is COC1CCCCC1NCC1CCN(C(C)C)C1. The van der Waals surface area contributed by atoms with E-state index in [2.05, 4.69) is 24.1 Å². The van der Waals surface area contributed by atoms with Crippen LogP contribution >= 0.6 is 0 Å². The van der Waals surface area contributed by atoms with Crippen LogP contribution in [-0.2, 0) is 4.74 Å². The minimum Gasteiger partial charge on any atom is -0.380 e. The van der Waals surface area contributed by atoms with Crippen molar-refractivity contribution in [1.82, 2.24) is 10.2 Å². The zero-order chi connectivity index (χ0) is 13.0. The molecule has 1 aliphatic heterocycles. The Morgan fingerprint density at radius 2 is 2.00 bits per heavy atom. The van der Waals surface area contributed by atoms with Gasteiger partial charge in [0, 0.05) is 25.7 Å². The predicted octanol–water partition coefficient (Wildman–Crippen LogP) is 2.26. The summed E-state index contributed by atoms with van der Waals surface area (Å²) >= 11 is 0. The number of ether oxygens (including phenoxy) is 1. The number of methoxy groups -OCH3 is 1. The van der Waals surface area contributed by atoms with Gasteiger partial charge in [0.1, 0.15) is 0 Å². The smallest absolute Gasteiger partial charge is 0.0724 e. The van der Waals surface area contributed by atoms with Gasteiger partial charge in [-0.2, -0.15) is 0 Å². The van der Waals surface area contributed by atoms with E-state index < -0.39 is 0 Å². The van der Waals surface area contributed by atoms with Gasteiger partial charge in [0.25, 0.3) is 0 Å². The van der Waals surface area contributed by atoms with Crippen LogP contribution in [0.1, 0.15) is 46.0 Å². The molecule has 0 bridgehead atoms. The van der Waals surface area contributed by atoms with Gasteiger partial charge in [-0.25, -0.2) is 0 Å². The Labute approximate surface area is 112 Å². The maximum absolute atomic E-state index is 5.61. The van der Waals surface area contributed by atoms with Crippen molar-refractivity contribution in [2.24, 2.45) is 5.92 Å². The molecule has 2 rings (SSSR count). The first-order valence-corrected chi connectivity index (χ1v) is 7.71. The largest absolute Gasteiger partial charge is 0.380 e. The first-order valence-electron chi connectivity index (χ1n) is 7.71. The zero-order valence-electron chi connectivity index (χ0n) is 12.3. The summed E-state index contributed by atoms with van der Waals surface area (Å²) in [6, 6.07) is 1.30. The van der Waals surface area contributed by atoms with Crippen LogP contribution in [0.5, 0.6) is 0 Å². The molecule has 0 amide bonds. The third kappa shape index (κ3) is 3.69. The average Bonchev–Trinajstić information content (AvgIpc) is 2.85. The molecule has 2 aliphatic rings. The van der Waals surface area contributed by atoms with Crippen molar-refractivity contribution in [3.05, 3.63) is 0 Å². The van der Waals surface area contributed by atoms with Gasteiger partial charge >= 0.3 is 0 Å². The first-order chi connectivity index (χ1) is 8.70. The molecular weight excluding hydrogens is 224 g/mol. The van der Waals surface area contributed by atoms with E-state index in [1.54, 1.807) is 0 Å².